The van der Waals surface area contributed by atoms with E-state index in [1.807, 2.05) is 26.0 Å². The molecule has 2 amide bonds. The number of nitrogens with one attached hydrogen (secondary N) is 1. The van der Waals surface area contributed by atoms with Gasteiger partial charge in [0, 0.05) is 17.3 Å². The molecule has 0 fully saturated rings. The molecule has 0 aromatic heterocycles. The number of imide groups is 1. The molecule has 24 heavy (non-hydrogen) atoms. The van der Waals surface area contributed by atoms with Crippen LogP contribution in [0.25, 0.3) is 0 Å². The monoisotopic (exact) mass is 329 g/mol. The Kier molecular flexibility index (Phi) is 4.11. The molecule has 0 aliphatic carbocycles. The van der Waals surface area contributed by atoms with E-state index in [9.17, 15) is 9.59 Å². The van der Waals surface area contributed by atoms with Gasteiger partial charge in [0.05, 0.1) is 18.7 Å². The van der Waals surface area contributed by atoms with Crippen molar-refractivity contribution >= 4 is 23.4 Å². The lowest BCUT2D eigenvalue weighted by atomic mass is 10.1. The number of carbonyl (C=O) groups is 2. The highest BCUT2D eigenvalue weighted by Gasteiger charge is 2.30. The molecule has 0 spiro atoms. The molecule has 2 N–H and O–H groups in total. The highest BCUT2D eigenvalue weighted by Crippen LogP contribution is 2.22. The van der Waals surface area contributed by atoms with Gasteiger partial charge in [-0.1, -0.05) is 0 Å². The predicted molar refractivity (Wildman–Crippen MR) is 88.5 cm³/mol. The summed E-state index contributed by atoms with van der Waals surface area (Å²) in [6.45, 7) is 4.29. The van der Waals surface area contributed by atoms with Gasteiger partial charge in [-0.25, -0.2) is 4.99 Å². The average Bonchev–Trinajstić information content (AvgIpc) is 3.03. The number of benzene rings is 1. The lowest BCUT2D eigenvalue weighted by molar-refractivity contribution is -0.137. The number of nitrogens with zero attached hydrogens (tertiary/aromatic N) is 2. The zero-order valence-corrected chi connectivity index (χ0v) is 13.6. The molecule has 0 radical (unpaired) electrons. The van der Waals surface area contributed by atoms with Crippen molar-refractivity contribution in [2.75, 3.05) is 25.1 Å². The number of ether oxygens (including phenoxy) is 1. The molecule has 2 heterocycles. The lowest BCUT2D eigenvalue weighted by Gasteiger charge is -2.13. The topological polar surface area (TPSA) is 91.2 Å². The lowest BCUT2D eigenvalue weighted by Crippen LogP contribution is -2.34. The largest absolute Gasteiger partial charge is 0.475 e. The smallest absolute Gasteiger partial charge is 0.277 e. The van der Waals surface area contributed by atoms with E-state index in [0.29, 0.717) is 18.2 Å². The molecule has 0 bridgehead atoms. The van der Waals surface area contributed by atoms with Gasteiger partial charge < -0.3 is 15.2 Å². The van der Waals surface area contributed by atoms with E-state index in [1.165, 1.54) is 6.08 Å². The molecule has 1 aromatic carbocycles. The number of aliphatic imine (C=N–C) groups is 1. The third kappa shape index (κ3) is 3.16. The number of aliphatic hydroxyl groups excluding tert-OH is 1. The van der Waals surface area contributed by atoms with Crippen LogP contribution in [-0.4, -0.2) is 53.0 Å². The molecular formula is C17H19N3O4. The van der Waals surface area contributed by atoms with E-state index >= 15 is 0 Å². The first-order valence-corrected chi connectivity index (χ1v) is 7.68. The summed E-state index contributed by atoms with van der Waals surface area (Å²) < 4.78 is 5.59. The van der Waals surface area contributed by atoms with E-state index in [-0.39, 0.29) is 24.4 Å². The van der Waals surface area contributed by atoms with Crippen LogP contribution in [0.15, 0.2) is 41.0 Å². The number of rotatable bonds is 5. The van der Waals surface area contributed by atoms with E-state index < -0.39 is 11.8 Å². The minimum Gasteiger partial charge on any atom is -0.475 e. The maximum Gasteiger partial charge on any atom is 0.277 e. The molecule has 0 unspecified atom stereocenters. The number of aliphatic hydroxyl groups is 1. The summed E-state index contributed by atoms with van der Waals surface area (Å²) in [5.41, 5.74) is 1.51. The maximum atomic E-state index is 12.1. The Morgan fingerprint density at radius 1 is 1.29 bits per heavy atom. The first-order valence-electron chi connectivity index (χ1n) is 7.68. The standard InChI is InChI=1S/C17H19N3O4/c1-17(2)10-24-15(19-17)11-3-5-12(6-4-11)18-13-9-14(22)20(7-8-21)16(13)23/h3-6,9,18,21H,7-8,10H2,1-2H3. The molecule has 7 heteroatoms. The Hall–Kier alpha value is -2.67. The molecule has 0 atom stereocenters. The van der Waals surface area contributed by atoms with Gasteiger partial charge in [0.15, 0.2) is 0 Å². The second-order valence-corrected chi connectivity index (χ2v) is 6.30. The zero-order valence-electron chi connectivity index (χ0n) is 13.6. The Balaban J connectivity index is 1.71. The van der Waals surface area contributed by atoms with Crippen molar-refractivity contribution in [3.8, 4) is 0 Å². The van der Waals surface area contributed by atoms with Gasteiger partial charge in [-0.2, -0.15) is 0 Å². The third-order valence-corrected chi connectivity index (χ3v) is 3.71. The number of anilines is 1. The van der Waals surface area contributed by atoms with Gasteiger partial charge in [-0.3, -0.25) is 14.5 Å². The van der Waals surface area contributed by atoms with Crippen LogP contribution in [0.1, 0.15) is 19.4 Å². The normalized spacial score (nSPS) is 19.2. The molecule has 0 saturated carbocycles. The van der Waals surface area contributed by atoms with Crippen molar-refractivity contribution in [1.82, 2.24) is 4.90 Å². The summed E-state index contributed by atoms with van der Waals surface area (Å²) in [5.74, 6) is -0.264. The van der Waals surface area contributed by atoms with Crippen LogP contribution in [0, 0.1) is 0 Å². The second-order valence-electron chi connectivity index (χ2n) is 6.30. The summed E-state index contributed by atoms with van der Waals surface area (Å²) in [7, 11) is 0. The number of β-amino-alcohol motifs (C(OH)–C–C–N with tert-alkyl or cyclic N) is 1. The zero-order chi connectivity index (χ0) is 17.3. The average molecular weight is 329 g/mol. The van der Waals surface area contributed by atoms with Crippen LogP contribution in [-0.2, 0) is 14.3 Å². The molecule has 7 nitrogen and oxygen atoms in total. The fraction of sp³-hybridized carbons (Fsp3) is 0.353. The van der Waals surface area contributed by atoms with Gasteiger partial charge in [0.1, 0.15) is 12.3 Å². The Labute approximate surface area is 139 Å². The van der Waals surface area contributed by atoms with Crippen LogP contribution in [0.2, 0.25) is 0 Å². The molecule has 1 aromatic rings. The quantitative estimate of drug-likeness (QED) is 0.783. The van der Waals surface area contributed by atoms with Crippen LogP contribution in [0.5, 0.6) is 0 Å². The molecule has 126 valence electrons. The Morgan fingerprint density at radius 3 is 2.58 bits per heavy atom. The van der Waals surface area contributed by atoms with Crippen LogP contribution >= 0.6 is 0 Å². The number of hydrogen-bond acceptors (Lipinski definition) is 6. The molecular weight excluding hydrogens is 310 g/mol. The fourth-order valence-electron chi connectivity index (χ4n) is 2.49. The summed E-state index contributed by atoms with van der Waals surface area (Å²) in [6.07, 6.45) is 1.23. The number of carbonyl (C=O) groups excluding carboxylic acids is 2. The van der Waals surface area contributed by atoms with Gasteiger partial charge in [-0.05, 0) is 38.1 Å². The highest BCUT2D eigenvalue weighted by atomic mass is 16.5. The molecule has 3 rings (SSSR count). The van der Waals surface area contributed by atoms with Crippen LogP contribution < -0.4 is 5.32 Å². The van der Waals surface area contributed by atoms with Crippen LogP contribution in [0.4, 0.5) is 5.69 Å². The second kappa shape index (κ2) is 6.09. The number of amides is 2. The molecule has 2 aliphatic heterocycles. The van der Waals surface area contributed by atoms with Gasteiger partial charge >= 0.3 is 0 Å². The van der Waals surface area contributed by atoms with Gasteiger partial charge in [0.25, 0.3) is 11.8 Å². The third-order valence-electron chi connectivity index (χ3n) is 3.71. The number of hydrogen-bond donors (Lipinski definition) is 2. The van der Waals surface area contributed by atoms with Crippen molar-refractivity contribution in [2.45, 2.75) is 19.4 Å². The van der Waals surface area contributed by atoms with E-state index in [4.69, 9.17) is 9.84 Å². The van der Waals surface area contributed by atoms with Crippen molar-refractivity contribution in [3.05, 3.63) is 41.6 Å². The van der Waals surface area contributed by atoms with Crippen molar-refractivity contribution in [3.63, 3.8) is 0 Å². The van der Waals surface area contributed by atoms with Crippen molar-refractivity contribution in [2.24, 2.45) is 4.99 Å². The molecule has 2 aliphatic rings. The Bertz CT molecular complexity index is 735. The summed E-state index contributed by atoms with van der Waals surface area (Å²) in [4.78, 5) is 29.3. The van der Waals surface area contributed by atoms with Gasteiger partial charge in [0.2, 0.25) is 5.90 Å². The van der Waals surface area contributed by atoms with Gasteiger partial charge in [-0.15, -0.1) is 0 Å². The maximum absolute atomic E-state index is 12.1. The minimum absolute atomic E-state index is 0.00870. The first-order chi connectivity index (χ1) is 11.4. The SMILES string of the molecule is CC1(C)COC(c2ccc(NC3=CC(=O)N(CCO)C3=O)cc2)=N1. The summed E-state index contributed by atoms with van der Waals surface area (Å²) >= 11 is 0. The van der Waals surface area contributed by atoms with E-state index in [0.717, 1.165) is 10.5 Å². The predicted octanol–water partition coefficient (Wildman–Crippen LogP) is 0.899. The minimum atomic E-state index is -0.441. The summed E-state index contributed by atoms with van der Waals surface area (Å²) in [5, 5.41) is 11.8. The first kappa shape index (κ1) is 16.2. The summed E-state index contributed by atoms with van der Waals surface area (Å²) in [6, 6.07) is 7.27. The van der Waals surface area contributed by atoms with Crippen molar-refractivity contribution < 1.29 is 19.4 Å². The highest BCUT2D eigenvalue weighted by molar-refractivity contribution is 6.17. The van der Waals surface area contributed by atoms with E-state index in [1.54, 1.807) is 12.1 Å². The van der Waals surface area contributed by atoms with E-state index in [2.05, 4.69) is 10.3 Å². The Morgan fingerprint density at radius 2 is 2.00 bits per heavy atom. The van der Waals surface area contributed by atoms with Crippen molar-refractivity contribution in [1.29, 1.82) is 0 Å². The van der Waals surface area contributed by atoms with Crippen LogP contribution in [0.3, 0.4) is 0 Å². The molecule has 0 saturated heterocycles. The fourth-order valence-corrected chi connectivity index (χ4v) is 2.49.